The van der Waals surface area contributed by atoms with Crippen molar-refractivity contribution in [3.05, 3.63) is 0 Å². The van der Waals surface area contributed by atoms with E-state index in [1.54, 1.807) is 0 Å². The number of hydrogen-bond acceptors (Lipinski definition) is 2. The minimum absolute atomic E-state index is 0.465. The zero-order chi connectivity index (χ0) is 7.61. The molecule has 1 fully saturated rings. The zero-order valence-corrected chi connectivity index (χ0v) is 6.51. The molecular formula is C8H16O2. The van der Waals surface area contributed by atoms with Crippen molar-refractivity contribution in [2.45, 2.75) is 50.7 Å². The minimum atomic E-state index is -0.741. The first-order valence-electron chi connectivity index (χ1n) is 4.09. The zero-order valence-electron chi connectivity index (χ0n) is 6.51. The Labute approximate surface area is 61.9 Å². The molecule has 0 aromatic carbocycles. The second-order valence-corrected chi connectivity index (χ2v) is 3.26. The Kier molecular flexibility index (Phi) is 2.32. The summed E-state index contributed by atoms with van der Waals surface area (Å²) in [6.07, 6.45) is 3.75. The molecule has 2 N–H and O–H groups in total. The molecule has 0 aliphatic heterocycles. The summed E-state index contributed by atoms with van der Waals surface area (Å²) in [5.74, 6) is 0. The van der Waals surface area contributed by atoms with Crippen LogP contribution >= 0.6 is 0 Å². The van der Waals surface area contributed by atoms with Crippen LogP contribution in [0.1, 0.15) is 39.0 Å². The summed E-state index contributed by atoms with van der Waals surface area (Å²) in [6.45, 7) is 2.03. The van der Waals surface area contributed by atoms with Crippen molar-refractivity contribution in [2.75, 3.05) is 0 Å². The molecule has 0 aromatic rings. The van der Waals surface area contributed by atoms with Crippen LogP contribution in [0.3, 0.4) is 0 Å². The predicted molar refractivity (Wildman–Crippen MR) is 39.7 cm³/mol. The van der Waals surface area contributed by atoms with E-state index in [1.165, 1.54) is 0 Å². The van der Waals surface area contributed by atoms with Gasteiger partial charge in [0.05, 0.1) is 11.7 Å². The molecule has 60 valence electrons. The van der Waals surface area contributed by atoms with Crippen LogP contribution in [0.2, 0.25) is 0 Å². The number of hydrogen-bond donors (Lipinski definition) is 2. The van der Waals surface area contributed by atoms with Gasteiger partial charge in [-0.25, -0.2) is 0 Å². The van der Waals surface area contributed by atoms with Crippen LogP contribution in [0.25, 0.3) is 0 Å². The summed E-state index contributed by atoms with van der Waals surface area (Å²) in [5.41, 5.74) is -0.741. The maximum absolute atomic E-state index is 9.71. The highest BCUT2D eigenvalue weighted by Gasteiger charge is 2.38. The third kappa shape index (κ3) is 1.32. The van der Waals surface area contributed by atoms with Crippen LogP contribution in [-0.4, -0.2) is 21.9 Å². The standard InChI is InChI=1S/C8H16O2/c1-2-5-8(10)6-3-4-7(8)9/h7,9-10H,2-6H2,1H3/t7-,8?/m1/s1. The molecule has 0 aromatic heterocycles. The molecular weight excluding hydrogens is 128 g/mol. The molecule has 1 aliphatic rings. The average Bonchev–Trinajstić information content (AvgIpc) is 2.15. The SMILES string of the molecule is CCCC1(O)CCC[C@H]1O. The molecule has 0 amide bonds. The maximum atomic E-state index is 9.71. The van der Waals surface area contributed by atoms with Crippen molar-refractivity contribution in [3.63, 3.8) is 0 Å². The van der Waals surface area contributed by atoms with Gasteiger partial charge in [0.2, 0.25) is 0 Å². The summed E-state index contributed by atoms with van der Waals surface area (Å²) in [6, 6.07) is 0. The molecule has 2 atom stereocenters. The molecule has 0 radical (unpaired) electrons. The van der Waals surface area contributed by atoms with E-state index in [1.807, 2.05) is 6.92 Å². The van der Waals surface area contributed by atoms with Crippen molar-refractivity contribution >= 4 is 0 Å². The highest BCUT2D eigenvalue weighted by atomic mass is 16.3. The molecule has 10 heavy (non-hydrogen) atoms. The van der Waals surface area contributed by atoms with Gasteiger partial charge >= 0.3 is 0 Å². The number of aliphatic hydroxyl groups is 2. The average molecular weight is 144 g/mol. The van der Waals surface area contributed by atoms with E-state index >= 15 is 0 Å². The van der Waals surface area contributed by atoms with Crippen LogP contribution in [0.4, 0.5) is 0 Å². The highest BCUT2D eigenvalue weighted by molar-refractivity contribution is 4.91. The quantitative estimate of drug-likeness (QED) is 0.608. The minimum Gasteiger partial charge on any atom is -0.390 e. The molecule has 2 heteroatoms. The van der Waals surface area contributed by atoms with Crippen molar-refractivity contribution in [1.82, 2.24) is 0 Å². The van der Waals surface area contributed by atoms with Crippen molar-refractivity contribution < 1.29 is 10.2 Å². The van der Waals surface area contributed by atoms with E-state index in [0.717, 1.165) is 32.1 Å². The third-order valence-electron chi connectivity index (χ3n) is 2.39. The molecule has 1 unspecified atom stereocenters. The van der Waals surface area contributed by atoms with E-state index in [9.17, 15) is 10.2 Å². The summed E-state index contributed by atoms with van der Waals surface area (Å²) in [4.78, 5) is 0. The van der Waals surface area contributed by atoms with Gasteiger partial charge in [-0.1, -0.05) is 13.3 Å². The second-order valence-electron chi connectivity index (χ2n) is 3.26. The summed E-state index contributed by atoms with van der Waals surface area (Å²) in [7, 11) is 0. The third-order valence-corrected chi connectivity index (χ3v) is 2.39. The van der Waals surface area contributed by atoms with Gasteiger partial charge in [-0.05, 0) is 25.7 Å². The first kappa shape index (κ1) is 8.02. The fourth-order valence-corrected chi connectivity index (χ4v) is 1.76. The Hall–Kier alpha value is -0.0800. The van der Waals surface area contributed by atoms with Gasteiger partial charge in [0.25, 0.3) is 0 Å². The van der Waals surface area contributed by atoms with Crippen LogP contribution in [0, 0.1) is 0 Å². The lowest BCUT2D eigenvalue weighted by molar-refractivity contribution is -0.0587. The summed E-state index contributed by atoms with van der Waals surface area (Å²) in [5, 5.41) is 19.0. The molecule has 2 nitrogen and oxygen atoms in total. The Bertz CT molecular complexity index is 114. The first-order chi connectivity index (χ1) is 4.69. The molecule has 0 bridgehead atoms. The topological polar surface area (TPSA) is 40.5 Å². The van der Waals surface area contributed by atoms with Crippen molar-refractivity contribution in [1.29, 1.82) is 0 Å². The Morgan fingerprint density at radius 3 is 2.70 bits per heavy atom. The Balaban J connectivity index is 2.48. The molecule has 0 spiro atoms. The van der Waals surface area contributed by atoms with Gasteiger partial charge in [0.15, 0.2) is 0 Å². The fraction of sp³-hybridized carbons (Fsp3) is 1.00. The lowest BCUT2D eigenvalue weighted by atomic mass is 9.94. The van der Waals surface area contributed by atoms with Crippen molar-refractivity contribution in [3.8, 4) is 0 Å². The van der Waals surface area contributed by atoms with E-state index in [0.29, 0.717) is 0 Å². The normalized spacial score (nSPS) is 40.5. The van der Waals surface area contributed by atoms with E-state index in [-0.39, 0.29) is 0 Å². The molecule has 0 heterocycles. The van der Waals surface area contributed by atoms with Crippen LogP contribution < -0.4 is 0 Å². The van der Waals surface area contributed by atoms with Gasteiger partial charge < -0.3 is 10.2 Å². The summed E-state index contributed by atoms with van der Waals surface area (Å²) >= 11 is 0. The highest BCUT2D eigenvalue weighted by Crippen LogP contribution is 2.33. The van der Waals surface area contributed by atoms with Gasteiger partial charge in [0.1, 0.15) is 0 Å². The van der Waals surface area contributed by atoms with Gasteiger partial charge in [-0.15, -0.1) is 0 Å². The van der Waals surface area contributed by atoms with Crippen LogP contribution in [-0.2, 0) is 0 Å². The first-order valence-corrected chi connectivity index (χ1v) is 4.09. The predicted octanol–water partition coefficient (Wildman–Crippen LogP) is 1.06. The van der Waals surface area contributed by atoms with E-state index < -0.39 is 11.7 Å². The molecule has 1 saturated carbocycles. The number of rotatable bonds is 2. The smallest absolute Gasteiger partial charge is 0.0905 e. The number of aliphatic hydroxyl groups excluding tert-OH is 1. The fourth-order valence-electron chi connectivity index (χ4n) is 1.76. The largest absolute Gasteiger partial charge is 0.390 e. The molecule has 0 saturated heterocycles. The van der Waals surface area contributed by atoms with Crippen LogP contribution in [0.15, 0.2) is 0 Å². The lowest BCUT2D eigenvalue weighted by Crippen LogP contribution is -2.36. The van der Waals surface area contributed by atoms with Crippen molar-refractivity contribution in [2.24, 2.45) is 0 Å². The molecule has 1 rings (SSSR count). The van der Waals surface area contributed by atoms with Crippen LogP contribution in [0.5, 0.6) is 0 Å². The summed E-state index contributed by atoms with van der Waals surface area (Å²) < 4.78 is 0. The van der Waals surface area contributed by atoms with Gasteiger partial charge in [-0.3, -0.25) is 0 Å². The second kappa shape index (κ2) is 2.89. The van der Waals surface area contributed by atoms with Gasteiger partial charge in [-0.2, -0.15) is 0 Å². The Morgan fingerprint density at radius 2 is 2.30 bits per heavy atom. The lowest BCUT2D eigenvalue weighted by Gasteiger charge is -2.25. The molecule has 1 aliphatic carbocycles. The Morgan fingerprint density at radius 1 is 1.60 bits per heavy atom. The monoisotopic (exact) mass is 144 g/mol. The maximum Gasteiger partial charge on any atom is 0.0905 e. The van der Waals surface area contributed by atoms with Gasteiger partial charge in [0, 0.05) is 0 Å². The van der Waals surface area contributed by atoms with E-state index in [4.69, 9.17) is 0 Å². The van der Waals surface area contributed by atoms with E-state index in [2.05, 4.69) is 0 Å².